The number of pyridine rings is 1. The molecule has 5 nitrogen and oxygen atoms in total. The lowest BCUT2D eigenvalue weighted by atomic mass is 9.93. The quantitative estimate of drug-likeness (QED) is 0.579. The van der Waals surface area contributed by atoms with Gasteiger partial charge in [0.1, 0.15) is 5.75 Å². The van der Waals surface area contributed by atoms with Gasteiger partial charge in [0.25, 0.3) is 0 Å². The van der Waals surface area contributed by atoms with E-state index in [0.29, 0.717) is 22.1 Å². The van der Waals surface area contributed by atoms with Crippen LogP contribution >= 0.6 is 11.6 Å². The molecule has 0 unspecified atom stereocenters. The van der Waals surface area contributed by atoms with E-state index < -0.39 is 5.41 Å². The number of carbonyl (C=O) groups is 1. The summed E-state index contributed by atoms with van der Waals surface area (Å²) in [5, 5.41) is 9.81. The Morgan fingerprint density at radius 2 is 2.00 bits per heavy atom. The maximum Gasteiger partial charge on any atom is 0.170 e. The highest BCUT2D eigenvalue weighted by atomic mass is 35.5. The number of carbonyl (C=O) groups excluding carboxylic acids is 1. The Morgan fingerprint density at radius 3 is 2.76 bits per heavy atom. The zero-order valence-corrected chi connectivity index (χ0v) is 16.3. The number of hydrogen-bond acceptors (Lipinski definition) is 5. The van der Waals surface area contributed by atoms with Crippen LogP contribution in [-0.2, 0) is 11.8 Å². The van der Waals surface area contributed by atoms with Crippen molar-refractivity contribution in [3.8, 4) is 17.6 Å². The summed E-state index contributed by atoms with van der Waals surface area (Å²) >= 11 is 5.95. The van der Waals surface area contributed by atoms with Gasteiger partial charge in [0.2, 0.25) is 0 Å². The largest absolute Gasteiger partial charge is 0.453 e. The molecular weight excluding hydrogens is 386 g/mol. The molecule has 3 aromatic rings. The molecule has 1 aromatic heterocycles. The summed E-state index contributed by atoms with van der Waals surface area (Å²) < 4.78 is 5.79. The SMILES string of the molecule is N#CC1(c2cccc(C(=O)Cc3cccc(Oc4cc(Cl)cnc4N)c3)c2)CC1. The Labute approximate surface area is 173 Å². The first kappa shape index (κ1) is 19.0. The molecule has 4 rings (SSSR count). The Balaban J connectivity index is 1.51. The molecule has 1 heterocycles. The van der Waals surface area contributed by atoms with Crippen LogP contribution in [0.3, 0.4) is 0 Å². The second-order valence-corrected chi connectivity index (χ2v) is 7.60. The summed E-state index contributed by atoms with van der Waals surface area (Å²) in [6, 6.07) is 18.6. The van der Waals surface area contributed by atoms with Crippen molar-refractivity contribution in [3.63, 3.8) is 0 Å². The van der Waals surface area contributed by atoms with Gasteiger partial charge < -0.3 is 10.5 Å². The summed E-state index contributed by atoms with van der Waals surface area (Å²) in [6.07, 6.45) is 3.37. The van der Waals surface area contributed by atoms with E-state index in [2.05, 4.69) is 11.1 Å². The predicted octanol–water partition coefficient (Wildman–Crippen LogP) is 5.09. The van der Waals surface area contributed by atoms with Crippen LogP contribution in [-0.4, -0.2) is 10.8 Å². The van der Waals surface area contributed by atoms with Gasteiger partial charge in [0.05, 0.1) is 16.5 Å². The first-order valence-corrected chi connectivity index (χ1v) is 9.60. The van der Waals surface area contributed by atoms with Gasteiger partial charge in [-0.3, -0.25) is 4.79 Å². The van der Waals surface area contributed by atoms with Crippen molar-refractivity contribution < 1.29 is 9.53 Å². The molecule has 1 saturated carbocycles. The number of ether oxygens (including phenoxy) is 1. The predicted molar refractivity (Wildman–Crippen MR) is 111 cm³/mol. The molecule has 0 aliphatic heterocycles. The highest BCUT2D eigenvalue weighted by Crippen LogP contribution is 2.47. The monoisotopic (exact) mass is 403 g/mol. The lowest BCUT2D eigenvalue weighted by molar-refractivity contribution is 0.0993. The van der Waals surface area contributed by atoms with E-state index in [1.165, 1.54) is 6.20 Å². The lowest BCUT2D eigenvalue weighted by Gasteiger charge is -2.10. The minimum absolute atomic E-state index is 0.0123. The Hall–Kier alpha value is -3.36. The first-order valence-electron chi connectivity index (χ1n) is 9.22. The molecule has 1 aliphatic rings. The van der Waals surface area contributed by atoms with Crippen molar-refractivity contribution in [2.24, 2.45) is 0 Å². The fourth-order valence-corrected chi connectivity index (χ4v) is 3.37. The van der Waals surface area contributed by atoms with Gasteiger partial charge in [0, 0.05) is 24.2 Å². The maximum atomic E-state index is 12.8. The zero-order chi connectivity index (χ0) is 20.4. The van der Waals surface area contributed by atoms with Gasteiger partial charge in [-0.15, -0.1) is 0 Å². The number of rotatable bonds is 6. The third-order valence-corrected chi connectivity index (χ3v) is 5.25. The van der Waals surface area contributed by atoms with Crippen molar-refractivity contribution >= 4 is 23.2 Å². The van der Waals surface area contributed by atoms with Crippen LogP contribution in [0.4, 0.5) is 5.82 Å². The van der Waals surface area contributed by atoms with E-state index in [9.17, 15) is 10.1 Å². The van der Waals surface area contributed by atoms with E-state index in [1.54, 1.807) is 24.3 Å². The van der Waals surface area contributed by atoms with Crippen LogP contribution in [0.25, 0.3) is 0 Å². The van der Waals surface area contributed by atoms with Gasteiger partial charge >= 0.3 is 0 Å². The number of ketones is 1. The number of benzene rings is 2. The Morgan fingerprint density at radius 1 is 1.21 bits per heavy atom. The second kappa shape index (κ2) is 7.57. The fraction of sp³-hybridized carbons (Fsp3) is 0.174. The molecule has 1 aliphatic carbocycles. The van der Waals surface area contributed by atoms with Crippen molar-refractivity contribution in [2.75, 3.05) is 5.73 Å². The summed E-state index contributed by atoms with van der Waals surface area (Å²) in [5.74, 6) is 1.13. The van der Waals surface area contributed by atoms with Crippen molar-refractivity contribution in [1.29, 1.82) is 5.26 Å². The van der Waals surface area contributed by atoms with Crippen LogP contribution in [0.1, 0.15) is 34.3 Å². The maximum absolute atomic E-state index is 12.8. The van der Waals surface area contributed by atoms with E-state index in [-0.39, 0.29) is 18.0 Å². The summed E-state index contributed by atoms with van der Waals surface area (Å²) in [7, 11) is 0. The van der Waals surface area contributed by atoms with Crippen LogP contribution in [0.2, 0.25) is 5.02 Å². The van der Waals surface area contributed by atoms with Crippen molar-refractivity contribution in [3.05, 3.63) is 82.5 Å². The summed E-state index contributed by atoms with van der Waals surface area (Å²) in [4.78, 5) is 16.8. The third-order valence-electron chi connectivity index (χ3n) is 5.04. The third kappa shape index (κ3) is 4.08. The van der Waals surface area contributed by atoms with Crippen LogP contribution in [0.15, 0.2) is 60.8 Å². The molecule has 6 heteroatoms. The van der Waals surface area contributed by atoms with Gasteiger partial charge in [0.15, 0.2) is 17.4 Å². The molecule has 29 heavy (non-hydrogen) atoms. The second-order valence-electron chi connectivity index (χ2n) is 7.16. The standard InChI is InChI=1S/C23H18ClN3O2/c24-18-12-21(22(26)27-13-18)29-19-6-1-3-15(9-19)10-20(28)16-4-2-5-17(11-16)23(14-25)7-8-23/h1-6,9,11-13H,7-8,10H2,(H2,26,27). The molecule has 0 saturated heterocycles. The number of nitrogens with two attached hydrogens (primary N) is 1. The Bertz CT molecular complexity index is 1130. The van der Waals surface area contributed by atoms with Crippen LogP contribution in [0, 0.1) is 11.3 Å². The molecule has 0 atom stereocenters. The smallest absolute Gasteiger partial charge is 0.170 e. The zero-order valence-electron chi connectivity index (χ0n) is 15.6. The number of nitrogen functional groups attached to an aromatic ring is 1. The molecule has 0 amide bonds. The normalized spacial score (nSPS) is 14.1. The molecule has 0 bridgehead atoms. The average Bonchev–Trinajstić information content (AvgIpc) is 3.53. The molecule has 2 aromatic carbocycles. The van der Waals surface area contributed by atoms with Gasteiger partial charge in [-0.1, -0.05) is 41.9 Å². The molecular formula is C23H18ClN3O2. The highest BCUT2D eigenvalue weighted by Gasteiger charge is 2.44. The number of nitriles is 1. The topological polar surface area (TPSA) is 89.0 Å². The van der Waals surface area contributed by atoms with Gasteiger partial charge in [-0.2, -0.15) is 5.26 Å². The van der Waals surface area contributed by atoms with Crippen LogP contribution < -0.4 is 10.5 Å². The number of nitrogens with zero attached hydrogens (tertiary/aromatic N) is 2. The Kier molecular flexibility index (Phi) is 4.96. The van der Waals surface area contributed by atoms with E-state index in [4.69, 9.17) is 22.1 Å². The highest BCUT2D eigenvalue weighted by molar-refractivity contribution is 6.30. The van der Waals surface area contributed by atoms with Crippen LogP contribution in [0.5, 0.6) is 11.5 Å². The summed E-state index contributed by atoms with van der Waals surface area (Å²) in [5.41, 5.74) is 7.76. The minimum atomic E-state index is -0.408. The molecule has 0 spiro atoms. The first-order chi connectivity index (χ1) is 14.0. The molecule has 144 valence electrons. The molecule has 0 radical (unpaired) electrons. The van der Waals surface area contributed by atoms with E-state index in [0.717, 1.165) is 24.0 Å². The van der Waals surface area contributed by atoms with E-state index >= 15 is 0 Å². The lowest BCUT2D eigenvalue weighted by Crippen LogP contribution is -2.08. The molecule has 2 N–H and O–H groups in total. The fourth-order valence-electron chi connectivity index (χ4n) is 3.23. The average molecular weight is 404 g/mol. The number of aromatic nitrogens is 1. The van der Waals surface area contributed by atoms with Crippen molar-refractivity contribution in [2.45, 2.75) is 24.7 Å². The number of anilines is 1. The van der Waals surface area contributed by atoms with Crippen molar-refractivity contribution in [1.82, 2.24) is 4.98 Å². The minimum Gasteiger partial charge on any atom is -0.453 e. The van der Waals surface area contributed by atoms with Gasteiger partial charge in [-0.05, 0) is 42.2 Å². The van der Waals surface area contributed by atoms with Gasteiger partial charge in [-0.25, -0.2) is 4.98 Å². The summed E-state index contributed by atoms with van der Waals surface area (Å²) in [6.45, 7) is 0. The number of halogens is 1. The molecule has 1 fully saturated rings. The number of Topliss-reactive ketones (excluding diaryl/α,β-unsaturated/α-hetero) is 1. The number of hydrogen-bond donors (Lipinski definition) is 1. The van der Waals surface area contributed by atoms with E-state index in [1.807, 2.05) is 30.3 Å².